The minimum atomic E-state index is -0.468. The summed E-state index contributed by atoms with van der Waals surface area (Å²) in [5, 5.41) is 0. The summed E-state index contributed by atoms with van der Waals surface area (Å²) >= 11 is 0. The number of nitrogens with zero attached hydrogens (tertiary/aromatic N) is 5. The molecule has 2 aromatic heterocycles. The van der Waals surface area contributed by atoms with Crippen LogP contribution >= 0.6 is 0 Å². The van der Waals surface area contributed by atoms with Crippen molar-refractivity contribution in [1.82, 2.24) is 14.5 Å². The quantitative estimate of drug-likeness (QED) is 0.375. The monoisotopic (exact) mass is 511 g/mol. The minimum absolute atomic E-state index is 0.168. The normalized spacial score (nSPS) is 12.6. The fourth-order valence-electron chi connectivity index (χ4n) is 4.69. The van der Waals surface area contributed by atoms with Crippen LogP contribution < -0.4 is 9.80 Å². The van der Waals surface area contributed by atoms with E-state index in [1.54, 1.807) is 30.0 Å². The standard InChI is InChI=1S/C30H30FN5O2/c1-21-10-12-24(31)17-26(21)30(38)35(16-15-33(2)3)28-13-11-22(18-32-28)29(37)36-20-25-8-6-14-34(25)19-23-7-4-5-9-27(23)36/h4-14,17-18H,15-16,19-20H2,1-3H3. The van der Waals surface area contributed by atoms with Crippen LogP contribution in [0.1, 0.15) is 37.5 Å². The molecule has 0 bridgehead atoms. The maximum atomic E-state index is 14.0. The molecule has 1 aliphatic rings. The zero-order chi connectivity index (χ0) is 26.8. The van der Waals surface area contributed by atoms with Crippen molar-refractivity contribution in [3.05, 3.63) is 113 Å². The van der Waals surface area contributed by atoms with E-state index in [0.29, 0.717) is 43.1 Å². The first-order valence-corrected chi connectivity index (χ1v) is 12.5. The number of fused-ring (bicyclic) bond motifs is 2. The number of halogens is 1. The Morgan fingerprint density at radius 1 is 0.974 bits per heavy atom. The van der Waals surface area contributed by atoms with Gasteiger partial charge in [-0.1, -0.05) is 24.3 Å². The molecule has 2 amide bonds. The van der Waals surface area contributed by atoms with Gasteiger partial charge in [0.25, 0.3) is 11.8 Å². The van der Waals surface area contributed by atoms with Crippen LogP contribution in [0.5, 0.6) is 0 Å². The summed E-state index contributed by atoms with van der Waals surface area (Å²) in [6.07, 6.45) is 3.54. The van der Waals surface area contributed by atoms with E-state index >= 15 is 0 Å². The molecular formula is C30H30FN5O2. The molecule has 194 valence electrons. The molecule has 0 radical (unpaired) electrons. The number of para-hydroxylation sites is 1. The van der Waals surface area contributed by atoms with Crippen LogP contribution in [0.4, 0.5) is 15.9 Å². The third kappa shape index (κ3) is 5.08. The maximum Gasteiger partial charge on any atom is 0.260 e. The Morgan fingerprint density at radius 2 is 1.79 bits per heavy atom. The van der Waals surface area contributed by atoms with Crippen LogP contribution in [0, 0.1) is 12.7 Å². The highest BCUT2D eigenvalue weighted by atomic mass is 19.1. The van der Waals surface area contributed by atoms with Crippen LogP contribution in [0.2, 0.25) is 0 Å². The smallest absolute Gasteiger partial charge is 0.260 e. The molecule has 8 heteroatoms. The molecule has 0 atom stereocenters. The highest BCUT2D eigenvalue weighted by molar-refractivity contribution is 6.08. The van der Waals surface area contributed by atoms with Crippen LogP contribution in [-0.4, -0.2) is 53.5 Å². The molecule has 0 aliphatic carbocycles. The number of carbonyl (C=O) groups excluding carboxylic acids is 2. The first-order valence-electron chi connectivity index (χ1n) is 12.5. The molecule has 4 aromatic rings. The number of aryl methyl sites for hydroxylation is 1. The van der Waals surface area contributed by atoms with Gasteiger partial charge in [-0.25, -0.2) is 9.37 Å². The molecule has 2 aromatic carbocycles. The first kappa shape index (κ1) is 25.4. The summed E-state index contributed by atoms with van der Waals surface area (Å²) in [5.41, 5.74) is 4.37. The molecule has 5 rings (SSSR count). The predicted molar refractivity (Wildman–Crippen MR) is 146 cm³/mol. The number of hydrogen-bond donors (Lipinski definition) is 0. The Kier molecular flexibility index (Phi) is 7.07. The van der Waals surface area contributed by atoms with Gasteiger partial charge < -0.3 is 14.4 Å². The minimum Gasteiger partial charge on any atom is -0.345 e. The fraction of sp³-hybridized carbons (Fsp3) is 0.233. The van der Waals surface area contributed by atoms with Crippen molar-refractivity contribution in [1.29, 1.82) is 0 Å². The number of rotatable bonds is 6. The number of amides is 2. The van der Waals surface area contributed by atoms with E-state index < -0.39 is 5.82 Å². The third-order valence-electron chi connectivity index (χ3n) is 6.83. The van der Waals surface area contributed by atoms with Crippen LogP contribution in [0.25, 0.3) is 0 Å². The number of pyridine rings is 1. The van der Waals surface area contributed by atoms with Gasteiger partial charge in [0.05, 0.1) is 12.1 Å². The van der Waals surface area contributed by atoms with E-state index in [1.807, 2.05) is 61.6 Å². The van der Waals surface area contributed by atoms with Gasteiger partial charge in [-0.05, 0) is 74.6 Å². The maximum absolute atomic E-state index is 14.0. The topological polar surface area (TPSA) is 61.7 Å². The van der Waals surface area contributed by atoms with E-state index in [2.05, 4.69) is 9.55 Å². The average molecular weight is 512 g/mol. The summed E-state index contributed by atoms with van der Waals surface area (Å²) in [7, 11) is 3.83. The lowest BCUT2D eigenvalue weighted by Gasteiger charge is -2.25. The van der Waals surface area contributed by atoms with Crippen molar-refractivity contribution in [2.75, 3.05) is 37.0 Å². The largest absolute Gasteiger partial charge is 0.345 e. The Morgan fingerprint density at radius 3 is 2.55 bits per heavy atom. The summed E-state index contributed by atoms with van der Waals surface area (Å²) in [5.74, 6) is -0.567. The second kappa shape index (κ2) is 10.6. The SMILES string of the molecule is Cc1ccc(F)cc1C(=O)N(CCN(C)C)c1ccc(C(=O)N2Cc3cccn3Cc3ccccc32)cn1. The van der Waals surface area contributed by atoms with Gasteiger partial charge in [0.2, 0.25) is 0 Å². The molecule has 0 spiro atoms. The molecule has 0 N–H and O–H groups in total. The second-order valence-electron chi connectivity index (χ2n) is 9.77. The van der Waals surface area contributed by atoms with Crippen molar-refractivity contribution < 1.29 is 14.0 Å². The van der Waals surface area contributed by atoms with Crippen molar-refractivity contribution >= 4 is 23.3 Å². The third-order valence-corrected chi connectivity index (χ3v) is 6.83. The lowest BCUT2D eigenvalue weighted by atomic mass is 10.1. The molecule has 38 heavy (non-hydrogen) atoms. The average Bonchev–Trinajstić information content (AvgIpc) is 3.28. The van der Waals surface area contributed by atoms with Gasteiger partial charge in [0.15, 0.2) is 0 Å². The molecule has 0 unspecified atom stereocenters. The van der Waals surface area contributed by atoms with Gasteiger partial charge in [0, 0.05) is 49.0 Å². The zero-order valence-electron chi connectivity index (χ0n) is 21.8. The van der Waals surface area contributed by atoms with Crippen LogP contribution in [0.15, 0.2) is 79.1 Å². The Balaban J connectivity index is 1.45. The highest BCUT2D eigenvalue weighted by Gasteiger charge is 2.26. The van der Waals surface area contributed by atoms with E-state index in [0.717, 1.165) is 16.9 Å². The van der Waals surface area contributed by atoms with Crippen molar-refractivity contribution in [2.24, 2.45) is 0 Å². The van der Waals surface area contributed by atoms with Gasteiger partial charge in [-0.2, -0.15) is 0 Å². The van der Waals surface area contributed by atoms with Crippen molar-refractivity contribution in [3.8, 4) is 0 Å². The Hall–Kier alpha value is -4.30. The summed E-state index contributed by atoms with van der Waals surface area (Å²) in [6, 6.07) is 19.5. The number of aromatic nitrogens is 2. The number of hydrogen-bond acceptors (Lipinski definition) is 4. The Labute approximate surface area is 221 Å². The Bertz CT molecular complexity index is 1480. The van der Waals surface area contributed by atoms with E-state index in [1.165, 1.54) is 23.2 Å². The fourth-order valence-corrected chi connectivity index (χ4v) is 4.69. The summed E-state index contributed by atoms with van der Waals surface area (Å²) in [6.45, 7) is 3.87. The molecule has 1 aliphatic heterocycles. The first-order chi connectivity index (χ1) is 18.3. The van der Waals surface area contributed by atoms with E-state index in [4.69, 9.17) is 0 Å². The molecule has 7 nitrogen and oxygen atoms in total. The molecule has 0 saturated heterocycles. The number of anilines is 2. The molecule has 3 heterocycles. The van der Waals surface area contributed by atoms with Crippen molar-refractivity contribution in [3.63, 3.8) is 0 Å². The summed E-state index contributed by atoms with van der Waals surface area (Å²) in [4.78, 5) is 37.0. The van der Waals surface area contributed by atoms with E-state index in [9.17, 15) is 14.0 Å². The van der Waals surface area contributed by atoms with Gasteiger partial charge in [-0.15, -0.1) is 0 Å². The predicted octanol–water partition coefficient (Wildman–Crippen LogP) is 4.75. The summed E-state index contributed by atoms with van der Waals surface area (Å²) < 4.78 is 16.1. The number of benzene rings is 2. The lowest BCUT2D eigenvalue weighted by molar-refractivity contribution is 0.0978. The second-order valence-corrected chi connectivity index (χ2v) is 9.77. The number of likely N-dealkylation sites (N-methyl/N-ethyl adjacent to an activating group) is 1. The zero-order valence-corrected chi connectivity index (χ0v) is 21.8. The lowest BCUT2D eigenvalue weighted by Crippen LogP contribution is -2.38. The van der Waals surface area contributed by atoms with Gasteiger partial charge in [-0.3, -0.25) is 14.5 Å². The van der Waals surface area contributed by atoms with E-state index in [-0.39, 0.29) is 17.4 Å². The molecule has 0 fully saturated rings. The molecule has 0 saturated carbocycles. The van der Waals surface area contributed by atoms with Crippen molar-refractivity contribution in [2.45, 2.75) is 20.0 Å². The molecular weight excluding hydrogens is 481 g/mol. The van der Waals surface area contributed by atoms with Gasteiger partial charge >= 0.3 is 0 Å². The van der Waals surface area contributed by atoms with Crippen LogP contribution in [0.3, 0.4) is 0 Å². The van der Waals surface area contributed by atoms with Crippen LogP contribution in [-0.2, 0) is 13.1 Å². The number of carbonyl (C=O) groups is 2. The highest BCUT2D eigenvalue weighted by Crippen LogP contribution is 2.29. The van der Waals surface area contributed by atoms with Gasteiger partial charge in [0.1, 0.15) is 11.6 Å².